The van der Waals surface area contributed by atoms with E-state index in [2.05, 4.69) is 20.2 Å². The molecule has 0 radical (unpaired) electrons. The summed E-state index contributed by atoms with van der Waals surface area (Å²) >= 11 is 1.58. The Bertz CT molecular complexity index is 965. The predicted octanol–water partition coefficient (Wildman–Crippen LogP) is 2.55. The maximum absolute atomic E-state index is 12.6. The van der Waals surface area contributed by atoms with Crippen LogP contribution in [0.5, 0.6) is 0 Å². The van der Waals surface area contributed by atoms with Crippen molar-refractivity contribution in [1.82, 2.24) is 20.2 Å². The van der Waals surface area contributed by atoms with Gasteiger partial charge in [0, 0.05) is 50.4 Å². The summed E-state index contributed by atoms with van der Waals surface area (Å²) in [4.78, 5) is 38.9. The highest BCUT2D eigenvalue weighted by atomic mass is 32.1. The SMILES string of the molecule is CC(CC(=O)N1CCN(c2nc3cccnc3s2)CC1)NC(=O)c1ccccc1. The fraction of sp³-hybridized carbons (Fsp3) is 0.333. The average Bonchev–Trinajstić information content (AvgIpc) is 3.18. The Morgan fingerprint density at radius 1 is 1.10 bits per heavy atom. The van der Waals surface area contributed by atoms with Crippen LogP contribution in [-0.2, 0) is 4.79 Å². The molecule has 1 aromatic carbocycles. The lowest BCUT2D eigenvalue weighted by Gasteiger charge is -2.35. The zero-order valence-corrected chi connectivity index (χ0v) is 17.1. The van der Waals surface area contributed by atoms with Crippen LogP contribution in [0.1, 0.15) is 23.7 Å². The topological polar surface area (TPSA) is 78.4 Å². The Hall–Kier alpha value is -3.00. The Labute approximate surface area is 173 Å². The number of rotatable bonds is 5. The highest BCUT2D eigenvalue weighted by Gasteiger charge is 2.24. The van der Waals surface area contributed by atoms with Crippen molar-refractivity contribution in [2.45, 2.75) is 19.4 Å². The largest absolute Gasteiger partial charge is 0.349 e. The summed E-state index contributed by atoms with van der Waals surface area (Å²) in [5, 5.41) is 3.86. The minimum absolute atomic E-state index is 0.0662. The fourth-order valence-corrected chi connectivity index (χ4v) is 4.34. The van der Waals surface area contributed by atoms with Gasteiger partial charge in [0.25, 0.3) is 5.91 Å². The number of pyridine rings is 1. The zero-order valence-electron chi connectivity index (χ0n) is 16.2. The first-order valence-corrected chi connectivity index (χ1v) is 10.5. The number of piperazine rings is 1. The van der Waals surface area contributed by atoms with E-state index in [1.807, 2.05) is 42.2 Å². The number of hydrogen-bond donors (Lipinski definition) is 1. The molecule has 150 valence electrons. The Balaban J connectivity index is 1.28. The van der Waals surface area contributed by atoms with Crippen LogP contribution in [0.15, 0.2) is 48.7 Å². The Morgan fingerprint density at radius 2 is 1.86 bits per heavy atom. The summed E-state index contributed by atoms with van der Waals surface area (Å²) in [5.74, 6) is -0.0864. The number of benzene rings is 1. The van der Waals surface area contributed by atoms with Gasteiger partial charge in [-0.1, -0.05) is 29.5 Å². The van der Waals surface area contributed by atoms with Crippen LogP contribution < -0.4 is 10.2 Å². The molecule has 0 aliphatic carbocycles. The molecule has 0 saturated carbocycles. The second kappa shape index (κ2) is 8.57. The Kier molecular flexibility index (Phi) is 5.71. The van der Waals surface area contributed by atoms with Gasteiger partial charge in [-0.05, 0) is 31.2 Å². The first-order valence-electron chi connectivity index (χ1n) is 9.70. The van der Waals surface area contributed by atoms with Crippen LogP contribution in [-0.4, -0.2) is 58.9 Å². The van der Waals surface area contributed by atoms with E-state index < -0.39 is 0 Å². The molecule has 4 rings (SSSR count). The highest BCUT2D eigenvalue weighted by Crippen LogP contribution is 2.27. The molecule has 8 heteroatoms. The van der Waals surface area contributed by atoms with Gasteiger partial charge < -0.3 is 15.1 Å². The molecular weight excluding hydrogens is 386 g/mol. The van der Waals surface area contributed by atoms with Crippen molar-refractivity contribution >= 4 is 38.6 Å². The van der Waals surface area contributed by atoms with Crippen LogP contribution in [0.25, 0.3) is 10.3 Å². The number of thiazole rings is 1. The van der Waals surface area contributed by atoms with Crippen molar-refractivity contribution in [1.29, 1.82) is 0 Å². The standard InChI is InChI=1S/C21H23N5O2S/c1-15(23-19(28)16-6-3-2-4-7-16)14-18(27)25-10-12-26(13-11-25)21-24-17-8-5-9-22-20(17)29-21/h2-9,15H,10-14H2,1H3,(H,23,28). The molecule has 1 aliphatic heterocycles. The summed E-state index contributed by atoms with van der Waals surface area (Å²) in [7, 11) is 0. The minimum atomic E-state index is -0.219. The van der Waals surface area contributed by atoms with Crippen molar-refractivity contribution in [3.05, 3.63) is 54.2 Å². The van der Waals surface area contributed by atoms with Gasteiger partial charge in [-0.2, -0.15) is 0 Å². The molecule has 1 N–H and O–H groups in total. The molecule has 1 atom stereocenters. The summed E-state index contributed by atoms with van der Waals surface area (Å²) in [5.41, 5.74) is 1.51. The normalized spacial score (nSPS) is 15.3. The molecule has 1 aliphatic rings. The third-order valence-corrected chi connectivity index (χ3v) is 5.99. The molecule has 3 aromatic rings. The summed E-state index contributed by atoms with van der Waals surface area (Å²) < 4.78 is 0. The number of amides is 2. The van der Waals surface area contributed by atoms with Gasteiger partial charge in [0.15, 0.2) is 5.13 Å². The third-order valence-electron chi connectivity index (χ3n) is 4.95. The van der Waals surface area contributed by atoms with E-state index in [0.29, 0.717) is 25.1 Å². The lowest BCUT2D eigenvalue weighted by Crippen LogP contribution is -2.50. The van der Waals surface area contributed by atoms with Crippen molar-refractivity contribution in [2.75, 3.05) is 31.1 Å². The van der Waals surface area contributed by atoms with Crippen molar-refractivity contribution < 1.29 is 9.59 Å². The smallest absolute Gasteiger partial charge is 0.251 e. The molecule has 2 aromatic heterocycles. The molecule has 7 nitrogen and oxygen atoms in total. The van der Waals surface area contributed by atoms with Crippen molar-refractivity contribution in [3.8, 4) is 0 Å². The van der Waals surface area contributed by atoms with E-state index in [-0.39, 0.29) is 17.9 Å². The predicted molar refractivity (Wildman–Crippen MR) is 114 cm³/mol. The molecule has 29 heavy (non-hydrogen) atoms. The second-order valence-electron chi connectivity index (χ2n) is 7.14. The molecule has 1 fully saturated rings. The third kappa shape index (κ3) is 4.54. The number of carbonyl (C=O) groups excluding carboxylic acids is 2. The van der Waals surface area contributed by atoms with Crippen LogP contribution in [0.4, 0.5) is 5.13 Å². The number of carbonyl (C=O) groups is 2. The van der Waals surface area contributed by atoms with Gasteiger partial charge >= 0.3 is 0 Å². The van der Waals surface area contributed by atoms with E-state index in [9.17, 15) is 9.59 Å². The summed E-state index contributed by atoms with van der Waals surface area (Å²) in [6.07, 6.45) is 2.07. The van der Waals surface area contributed by atoms with Gasteiger partial charge in [0.1, 0.15) is 10.3 Å². The monoisotopic (exact) mass is 409 g/mol. The molecule has 1 unspecified atom stereocenters. The summed E-state index contributed by atoms with van der Waals surface area (Å²) in [6, 6.07) is 12.7. The van der Waals surface area contributed by atoms with E-state index in [1.165, 1.54) is 0 Å². The van der Waals surface area contributed by atoms with Gasteiger partial charge in [0.05, 0.1) is 0 Å². The van der Waals surface area contributed by atoms with Crippen molar-refractivity contribution in [3.63, 3.8) is 0 Å². The fourth-order valence-electron chi connectivity index (χ4n) is 3.38. The molecule has 0 bridgehead atoms. The van der Waals surface area contributed by atoms with Crippen LogP contribution in [0.2, 0.25) is 0 Å². The van der Waals surface area contributed by atoms with Crippen LogP contribution >= 0.6 is 11.3 Å². The molecular formula is C21H23N5O2S. The van der Waals surface area contributed by atoms with E-state index in [0.717, 1.165) is 28.6 Å². The molecule has 0 spiro atoms. The maximum atomic E-state index is 12.6. The quantitative estimate of drug-likeness (QED) is 0.701. The first kappa shape index (κ1) is 19.3. The Morgan fingerprint density at radius 3 is 2.59 bits per heavy atom. The van der Waals surface area contributed by atoms with Gasteiger partial charge in [-0.3, -0.25) is 9.59 Å². The highest BCUT2D eigenvalue weighted by molar-refractivity contribution is 7.21. The first-order chi connectivity index (χ1) is 14.1. The van der Waals surface area contributed by atoms with E-state index in [4.69, 9.17) is 0 Å². The van der Waals surface area contributed by atoms with E-state index >= 15 is 0 Å². The van der Waals surface area contributed by atoms with Crippen LogP contribution in [0, 0.1) is 0 Å². The number of aromatic nitrogens is 2. The second-order valence-corrected chi connectivity index (χ2v) is 8.09. The lowest BCUT2D eigenvalue weighted by molar-refractivity contribution is -0.131. The lowest BCUT2D eigenvalue weighted by atomic mass is 10.1. The van der Waals surface area contributed by atoms with Crippen molar-refractivity contribution in [2.24, 2.45) is 0 Å². The number of fused-ring (bicyclic) bond motifs is 1. The maximum Gasteiger partial charge on any atom is 0.251 e. The molecule has 2 amide bonds. The number of nitrogens with zero attached hydrogens (tertiary/aromatic N) is 4. The molecule has 1 saturated heterocycles. The molecule has 3 heterocycles. The van der Waals surface area contributed by atoms with Gasteiger partial charge in [0.2, 0.25) is 5.91 Å². The summed E-state index contributed by atoms with van der Waals surface area (Å²) in [6.45, 7) is 4.67. The van der Waals surface area contributed by atoms with Crippen LogP contribution in [0.3, 0.4) is 0 Å². The van der Waals surface area contributed by atoms with Gasteiger partial charge in [-0.25, -0.2) is 9.97 Å². The number of nitrogens with one attached hydrogen (secondary N) is 1. The number of hydrogen-bond acceptors (Lipinski definition) is 6. The zero-order chi connectivity index (χ0) is 20.2. The van der Waals surface area contributed by atoms with E-state index in [1.54, 1.807) is 29.7 Å². The number of anilines is 1. The minimum Gasteiger partial charge on any atom is -0.349 e. The average molecular weight is 410 g/mol. The van der Waals surface area contributed by atoms with Gasteiger partial charge in [-0.15, -0.1) is 0 Å².